The molecule has 0 unspecified atom stereocenters. The lowest BCUT2D eigenvalue weighted by Crippen LogP contribution is -2.46. The molecule has 1 N–H and O–H groups in total. The van der Waals surface area contributed by atoms with E-state index in [9.17, 15) is 0 Å². The van der Waals surface area contributed by atoms with Crippen molar-refractivity contribution in [2.75, 3.05) is 36.4 Å². The Bertz CT molecular complexity index is 1160. The summed E-state index contributed by atoms with van der Waals surface area (Å²) in [5.41, 5.74) is 4.43. The number of hydrogen-bond donors (Lipinski definition) is 1. The first kappa shape index (κ1) is 19.5. The molecule has 0 radical (unpaired) electrons. The first-order valence-corrected chi connectivity index (χ1v) is 10.7. The zero-order chi connectivity index (χ0) is 21.2. The van der Waals surface area contributed by atoms with Crippen molar-refractivity contribution in [3.63, 3.8) is 0 Å². The number of aryl methyl sites for hydroxylation is 2. The Kier molecular flexibility index (Phi) is 5.26. The zero-order valence-corrected chi connectivity index (χ0v) is 18.0. The molecule has 31 heavy (non-hydrogen) atoms. The van der Waals surface area contributed by atoms with Crippen LogP contribution in [0.3, 0.4) is 0 Å². The molecule has 1 saturated heterocycles. The maximum atomic E-state index is 4.90. The SMILES string of the molecule is Cc1ccc(Nc2nc(N3CCN(Cc4ccccc4)CC3)nc3c2cnn3C)cc1. The molecule has 0 amide bonds. The third kappa shape index (κ3) is 4.22. The van der Waals surface area contributed by atoms with Gasteiger partial charge in [-0.1, -0.05) is 48.0 Å². The van der Waals surface area contributed by atoms with Crippen molar-refractivity contribution in [3.8, 4) is 0 Å². The molecule has 3 heterocycles. The van der Waals surface area contributed by atoms with E-state index >= 15 is 0 Å². The van der Waals surface area contributed by atoms with Gasteiger partial charge in [0.2, 0.25) is 5.95 Å². The fourth-order valence-corrected chi connectivity index (χ4v) is 3.97. The van der Waals surface area contributed by atoms with Gasteiger partial charge in [-0.05, 0) is 24.6 Å². The molecule has 7 heteroatoms. The van der Waals surface area contributed by atoms with Crippen LogP contribution in [-0.2, 0) is 13.6 Å². The smallest absolute Gasteiger partial charge is 0.229 e. The second kappa shape index (κ2) is 8.35. The molecule has 1 aliphatic rings. The van der Waals surface area contributed by atoms with Gasteiger partial charge >= 0.3 is 0 Å². The van der Waals surface area contributed by atoms with Crippen molar-refractivity contribution >= 4 is 28.5 Å². The number of fused-ring (bicyclic) bond motifs is 1. The molecule has 2 aromatic carbocycles. The third-order valence-electron chi connectivity index (χ3n) is 5.80. The minimum atomic E-state index is 0.755. The van der Waals surface area contributed by atoms with E-state index in [2.05, 4.69) is 81.7 Å². The third-order valence-corrected chi connectivity index (χ3v) is 5.80. The number of anilines is 3. The predicted molar refractivity (Wildman–Crippen MR) is 125 cm³/mol. The zero-order valence-electron chi connectivity index (χ0n) is 18.0. The summed E-state index contributed by atoms with van der Waals surface area (Å²) in [6.07, 6.45) is 1.83. The molecule has 0 saturated carbocycles. The maximum absolute atomic E-state index is 4.90. The first-order chi connectivity index (χ1) is 15.2. The maximum Gasteiger partial charge on any atom is 0.229 e. The monoisotopic (exact) mass is 413 g/mol. The van der Waals surface area contributed by atoms with Gasteiger partial charge in [-0.15, -0.1) is 0 Å². The van der Waals surface area contributed by atoms with Crippen molar-refractivity contribution < 1.29 is 0 Å². The topological polar surface area (TPSA) is 62.1 Å². The summed E-state index contributed by atoms with van der Waals surface area (Å²) in [4.78, 5) is 14.5. The van der Waals surface area contributed by atoms with Crippen LogP contribution in [-0.4, -0.2) is 50.8 Å². The lowest BCUT2D eigenvalue weighted by Gasteiger charge is -2.34. The van der Waals surface area contributed by atoms with Crippen molar-refractivity contribution in [2.24, 2.45) is 7.05 Å². The first-order valence-electron chi connectivity index (χ1n) is 10.7. The molecule has 4 aromatic rings. The van der Waals surface area contributed by atoms with Crippen LogP contribution in [0, 0.1) is 6.92 Å². The highest BCUT2D eigenvalue weighted by atomic mass is 15.4. The Labute approximate surface area is 182 Å². The summed E-state index contributed by atoms with van der Waals surface area (Å²) in [5.74, 6) is 1.55. The predicted octanol–water partition coefficient (Wildman–Crippen LogP) is 3.74. The van der Waals surface area contributed by atoms with E-state index in [-0.39, 0.29) is 0 Å². The Morgan fingerprint density at radius 1 is 0.903 bits per heavy atom. The van der Waals surface area contributed by atoms with E-state index in [0.717, 1.165) is 61.2 Å². The van der Waals surface area contributed by atoms with Crippen LogP contribution in [0.2, 0.25) is 0 Å². The van der Waals surface area contributed by atoms with Gasteiger partial charge in [0.25, 0.3) is 0 Å². The Balaban J connectivity index is 1.36. The van der Waals surface area contributed by atoms with Gasteiger partial charge in [-0.3, -0.25) is 9.58 Å². The fourth-order valence-electron chi connectivity index (χ4n) is 3.97. The average molecular weight is 414 g/mol. The standard InChI is InChI=1S/C24H27N7/c1-18-8-10-20(11-9-18)26-22-21-16-25-29(2)23(21)28-24(27-22)31-14-12-30(13-15-31)17-19-6-4-3-5-7-19/h3-11,16H,12-15,17H2,1-2H3,(H,26,27,28). The van der Waals surface area contributed by atoms with Crippen LogP contribution in [0.25, 0.3) is 11.0 Å². The summed E-state index contributed by atoms with van der Waals surface area (Å²) in [6, 6.07) is 19.0. The molecule has 1 aliphatic heterocycles. The van der Waals surface area contributed by atoms with Gasteiger partial charge in [-0.25, -0.2) is 0 Å². The van der Waals surface area contributed by atoms with Gasteiger partial charge < -0.3 is 10.2 Å². The quantitative estimate of drug-likeness (QED) is 0.538. The van der Waals surface area contributed by atoms with Crippen molar-refractivity contribution in [2.45, 2.75) is 13.5 Å². The highest BCUT2D eigenvalue weighted by Gasteiger charge is 2.21. The molecule has 2 aromatic heterocycles. The van der Waals surface area contributed by atoms with Crippen molar-refractivity contribution in [1.29, 1.82) is 0 Å². The van der Waals surface area contributed by atoms with Gasteiger partial charge in [0.05, 0.1) is 11.6 Å². The number of piperazine rings is 1. The van der Waals surface area contributed by atoms with Crippen LogP contribution in [0.15, 0.2) is 60.8 Å². The number of rotatable bonds is 5. The number of nitrogens with one attached hydrogen (secondary N) is 1. The largest absolute Gasteiger partial charge is 0.339 e. The van der Waals surface area contributed by atoms with Gasteiger partial charge in [0.1, 0.15) is 5.82 Å². The molecule has 0 spiro atoms. The van der Waals surface area contributed by atoms with Gasteiger partial charge in [-0.2, -0.15) is 15.1 Å². The molecular formula is C24H27N7. The number of hydrogen-bond acceptors (Lipinski definition) is 6. The Hall–Kier alpha value is -3.45. The molecule has 5 rings (SSSR count). The van der Waals surface area contributed by atoms with E-state index in [4.69, 9.17) is 9.97 Å². The molecule has 0 aliphatic carbocycles. The normalized spacial score (nSPS) is 14.8. The van der Waals surface area contributed by atoms with E-state index in [1.807, 2.05) is 17.9 Å². The van der Waals surface area contributed by atoms with E-state index in [1.54, 1.807) is 0 Å². The lowest BCUT2D eigenvalue weighted by atomic mass is 10.2. The molecule has 0 bridgehead atoms. The number of nitrogens with zero attached hydrogens (tertiary/aromatic N) is 6. The van der Waals surface area contributed by atoms with Crippen LogP contribution >= 0.6 is 0 Å². The van der Waals surface area contributed by atoms with Crippen LogP contribution in [0.4, 0.5) is 17.5 Å². The number of benzene rings is 2. The molecule has 0 atom stereocenters. The molecule has 7 nitrogen and oxygen atoms in total. The lowest BCUT2D eigenvalue weighted by molar-refractivity contribution is 0.249. The molecular weight excluding hydrogens is 386 g/mol. The summed E-state index contributed by atoms with van der Waals surface area (Å²) in [5, 5.41) is 8.80. The second-order valence-electron chi connectivity index (χ2n) is 8.12. The van der Waals surface area contributed by atoms with Gasteiger partial charge in [0, 0.05) is 45.5 Å². The second-order valence-corrected chi connectivity index (χ2v) is 8.12. The summed E-state index contributed by atoms with van der Waals surface area (Å²) in [6.45, 7) is 6.85. The summed E-state index contributed by atoms with van der Waals surface area (Å²) >= 11 is 0. The Morgan fingerprint density at radius 3 is 2.39 bits per heavy atom. The molecule has 1 fully saturated rings. The Morgan fingerprint density at radius 2 is 1.65 bits per heavy atom. The van der Waals surface area contributed by atoms with E-state index in [0.29, 0.717) is 0 Å². The average Bonchev–Trinajstić information content (AvgIpc) is 3.18. The van der Waals surface area contributed by atoms with Crippen LogP contribution in [0.5, 0.6) is 0 Å². The minimum absolute atomic E-state index is 0.755. The van der Waals surface area contributed by atoms with Crippen molar-refractivity contribution in [3.05, 3.63) is 71.9 Å². The van der Waals surface area contributed by atoms with Crippen LogP contribution in [0.1, 0.15) is 11.1 Å². The van der Waals surface area contributed by atoms with E-state index in [1.165, 1.54) is 11.1 Å². The number of aromatic nitrogens is 4. The van der Waals surface area contributed by atoms with E-state index < -0.39 is 0 Å². The van der Waals surface area contributed by atoms with Gasteiger partial charge in [0.15, 0.2) is 5.65 Å². The summed E-state index contributed by atoms with van der Waals surface area (Å²) < 4.78 is 1.81. The fraction of sp³-hybridized carbons (Fsp3) is 0.292. The minimum Gasteiger partial charge on any atom is -0.339 e. The highest BCUT2D eigenvalue weighted by Crippen LogP contribution is 2.27. The van der Waals surface area contributed by atoms with Crippen molar-refractivity contribution in [1.82, 2.24) is 24.6 Å². The molecule has 158 valence electrons. The highest BCUT2D eigenvalue weighted by molar-refractivity contribution is 5.89. The summed E-state index contributed by atoms with van der Waals surface area (Å²) in [7, 11) is 1.92. The van der Waals surface area contributed by atoms with Crippen LogP contribution < -0.4 is 10.2 Å².